The summed E-state index contributed by atoms with van der Waals surface area (Å²) in [7, 11) is 0. The highest BCUT2D eigenvalue weighted by molar-refractivity contribution is 9.10. The molecule has 1 aromatic rings. The van der Waals surface area contributed by atoms with E-state index in [0.29, 0.717) is 22.9 Å². The fraction of sp³-hybridized carbons (Fsp3) is 0.467. The third-order valence-electron chi connectivity index (χ3n) is 4.41. The molecule has 1 aromatic heterocycles. The highest BCUT2D eigenvalue weighted by atomic mass is 79.9. The van der Waals surface area contributed by atoms with Crippen molar-refractivity contribution in [3.05, 3.63) is 28.6 Å². The fourth-order valence-corrected chi connectivity index (χ4v) is 3.83. The highest BCUT2D eigenvalue weighted by Crippen LogP contribution is 2.42. The van der Waals surface area contributed by atoms with E-state index in [4.69, 9.17) is 4.42 Å². The highest BCUT2D eigenvalue weighted by Gasteiger charge is 2.48. The molecule has 5 nitrogen and oxygen atoms in total. The number of amides is 1. The first-order valence-electron chi connectivity index (χ1n) is 7.03. The van der Waals surface area contributed by atoms with E-state index >= 15 is 0 Å². The van der Waals surface area contributed by atoms with E-state index in [2.05, 4.69) is 15.9 Å². The minimum absolute atomic E-state index is 0.109. The third-order valence-corrected chi connectivity index (χ3v) is 4.84. The van der Waals surface area contributed by atoms with Crippen LogP contribution in [0.2, 0.25) is 0 Å². The molecule has 0 bridgehead atoms. The molecule has 6 heteroatoms. The summed E-state index contributed by atoms with van der Waals surface area (Å²) in [6.07, 6.45) is 5.95. The van der Waals surface area contributed by atoms with Crippen LogP contribution in [-0.4, -0.2) is 34.5 Å². The molecule has 1 saturated carbocycles. The van der Waals surface area contributed by atoms with Gasteiger partial charge in [0.1, 0.15) is 11.8 Å². The SMILES string of the molecule is O=C(O)C1C2CCCC2CN1C(=O)/C=C/c1ccc(Br)o1. The van der Waals surface area contributed by atoms with Gasteiger partial charge >= 0.3 is 5.97 Å². The van der Waals surface area contributed by atoms with E-state index in [0.717, 1.165) is 19.3 Å². The number of halogens is 1. The number of carboxylic acid groups (broad SMARTS) is 1. The fourth-order valence-electron chi connectivity index (χ4n) is 3.52. The molecular weight excluding hydrogens is 338 g/mol. The Bertz CT molecular complexity index is 594. The molecule has 1 aliphatic carbocycles. The number of likely N-dealkylation sites (tertiary alicyclic amines) is 1. The first kappa shape index (κ1) is 14.4. The molecule has 3 atom stereocenters. The maximum Gasteiger partial charge on any atom is 0.326 e. The number of carboxylic acids is 1. The first-order chi connectivity index (χ1) is 10.1. The van der Waals surface area contributed by atoms with Crippen LogP contribution in [0.25, 0.3) is 6.08 Å². The van der Waals surface area contributed by atoms with Gasteiger partial charge in [0.05, 0.1) is 0 Å². The first-order valence-corrected chi connectivity index (χ1v) is 7.82. The van der Waals surface area contributed by atoms with E-state index in [1.54, 1.807) is 18.2 Å². The van der Waals surface area contributed by atoms with Crippen molar-refractivity contribution in [2.75, 3.05) is 6.54 Å². The molecule has 1 aliphatic heterocycles. The molecule has 112 valence electrons. The summed E-state index contributed by atoms with van der Waals surface area (Å²) < 4.78 is 5.88. The maximum atomic E-state index is 12.3. The number of rotatable bonds is 3. The van der Waals surface area contributed by atoms with Gasteiger partial charge in [-0.15, -0.1) is 0 Å². The van der Waals surface area contributed by atoms with Crippen molar-refractivity contribution in [3.63, 3.8) is 0 Å². The number of hydrogen-bond donors (Lipinski definition) is 1. The molecule has 3 rings (SSSR count). The molecule has 0 aromatic carbocycles. The van der Waals surface area contributed by atoms with E-state index in [1.807, 2.05) is 0 Å². The predicted molar refractivity (Wildman–Crippen MR) is 79.4 cm³/mol. The van der Waals surface area contributed by atoms with Gasteiger partial charge in [0.25, 0.3) is 0 Å². The van der Waals surface area contributed by atoms with Crippen LogP contribution in [0.4, 0.5) is 0 Å². The Kier molecular flexibility index (Phi) is 3.89. The molecule has 1 N–H and O–H groups in total. The monoisotopic (exact) mass is 353 g/mol. The van der Waals surface area contributed by atoms with E-state index in [1.165, 1.54) is 11.0 Å². The second kappa shape index (κ2) is 5.67. The molecule has 3 unspecified atom stereocenters. The number of furan rings is 1. The summed E-state index contributed by atoms with van der Waals surface area (Å²) in [6, 6.07) is 2.80. The summed E-state index contributed by atoms with van der Waals surface area (Å²) >= 11 is 3.19. The Balaban J connectivity index is 1.74. The van der Waals surface area contributed by atoms with Gasteiger partial charge in [0, 0.05) is 12.6 Å². The summed E-state index contributed by atoms with van der Waals surface area (Å²) in [5.41, 5.74) is 0. The molecule has 21 heavy (non-hydrogen) atoms. The minimum Gasteiger partial charge on any atom is -0.480 e. The molecule has 2 aliphatic rings. The van der Waals surface area contributed by atoms with Crippen LogP contribution in [-0.2, 0) is 9.59 Å². The lowest BCUT2D eigenvalue weighted by atomic mass is 9.94. The van der Waals surface area contributed by atoms with Gasteiger partial charge in [-0.3, -0.25) is 4.79 Å². The standard InChI is InChI=1S/C15H16BrNO4/c16-12-6-4-10(21-12)5-7-13(18)17-8-9-2-1-3-11(9)14(17)15(19)20/h4-7,9,11,14H,1-3,8H2,(H,19,20)/b7-5+. The molecular formula is C15H16BrNO4. The zero-order valence-electron chi connectivity index (χ0n) is 11.4. The van der Waals surface area contributed by atoms with Crippen molar-refractivity contribution in [2.45, 2.75) is 25.3 Å². The number of aliphatic carboxylic acids is 1. The largest absolute Gasteiger partial charge is 0.480 e. The van der Waals surface area contributed by atoms with Crippen molar-refractivity contribution in [1.82, 2.24) is 4.90 Å². The van der Waals surface area contributed by atoms with Crippen molar-refractivity contribution in [2.24, 2.45) is 11.8 Å². The van der Waals surface area contributed by atoms with Crippen molar-refractivity contribution >= 4 is 33.9 Å². The van der Waals surface area contributed by atoms with Crippen LogP contribution in [0.5, 0.6) is 0 Å². The Hall–Kier alpha value is -1.56. The average molecular weight is 354 g/mol. The summed E-state index contributed by atoms with van der Waals surface area (Å²) in [5.74, 6) is -0.156. The zero-order valence-corrected chi connectivity index (χ0v) is 13.0. The molecule has 2 heterocycles. The normalized spacial score (nSPS) is 28.2. The lowest BCUT2D eigenvalue weighted by Crippen LogP contribution is -2.42. The number of carbonyl (C=O) groups is 2. The number of carbonyl (C=O) groups excluding carboxylic acids is 1. The maximum absolute atomic E-state index is 12.3. The summed E-state index contributed by atoms with van der Waals surface area (Å²) in [4.78, 5) is 25.3. The second-order valence-electron chi connectivity index (χ2n) is 5.60. The third kappa shape index (κ3) is 2.77. The van der Waals surface area contributed by atoms with E-state index in [-0.39, 0.29) is 11.8 Å². The Morgan fingerprint density at radius 2 is 2.19 bits per heavy atom. The number of nitrogens with zero attached hydrogens (tertiary/aromatic N) is 1. The van der Waals surface area contributed by atoms with E-state index in [9.17, 15) is 14.7 Å². The van der Waals surface area contributed by atoms with Crippen LogP contribution in [0, 0.1) is 11.8 Å². The van der Waals surface area contributed by atoms with Crippen molar-refractivity contribution < 1.29 is 19.1 Å². The van der Waals surface area contributed by atoms with Gasteiger partial charge in [-0.25, -0.2) is 4.79 Å². The minimum atomic E-state index is -0.896. The quantitative estimate of drug-likeness (QED) is 0.848. The average Bonchev–Trinajstić information content (AvgIpc) is 3.09. The number of fused-ring (bicyclic) bond motifs is 1. The Morgan fingerprint density at radius 1 is 1.38 bits per heavy atom. The lowest BCUT2D eigenvalue weighted by Gasteiger charge is -2.23. The summed E-state index contributed by atoms with van der Waals surface area (Å²) in [5, 5.41) is 9.43. The summed E-state index contributed by atoms with van der Waals surface area (Å²) in [6.45, 7) is 0.548. The molecule has 1 amide bonds. The van der Waals surface area contributed by atoms with Crippen LogP contribution >= 0.6 is 15.9 Å². The van der Waals surface area contributed by atoms with Gasteiger partial charge in [-0.2, -0.15) is 0 Å². The topological polar surface area (TPSA) is 70.8 Å². The van der Waals surface area contributed by atoms with Crippen molar-refractivity contribution in [1.29, 1.82) is 0 Å². The zero-order chi connectivity index (χ0) is 15.0. The van der Waals surface area contributed by atoms with Gasteiger partial charge in [-0.1, -0.05) is 6.42 Å². The molecule has 0 spiro atoms. The Labute approximate surface area is 130 Å². The van der Waals surface area contributed by atoms with Gasteiger partial charge < -0.3 is 14.4 Å². The smallest absolute Gasteiger partial charge is 0.326 e. The lowest BCUT2D eigenvalue weighted by molar-refractivity contribution is -0.148. The molecule has 2 fully saturated rings. The van der Waals surface area contributed by atoms with E-state index < -0.39 is 12.0 Å². The molecule has 1 saturated heterocycles. The predicted octanol–water partition coefficient (Wildman–Crippen LogP) is 2.77. The Morgan fingerprint density at radius 3 is 2.86 bits per heavy atom. The van der Waals surface area contributed by atoms with Gasteiger partial charge in [-0.05, 0) is 58.8 Å². The van der Waals surface area contributed by atoms with Gasteiger partial charge in [0.2, 0.25) is 5.91 Å². The van der Waals surface area contributed by atoms with Crippen LogP contribution in [0.1, 0.15) is 25.0 Å². The van der Waals surface area contributed by atoms with Crippen LogP contribution in [0.15, 0.2) is 27.3 Å². The molecule has 0 radical (unpaired) electrons. The number of hydrogen-bond acceptors (Lipinski definition) is 3. The van der Waals surface area contributed by atoms with Crippen LogP contribution < -0.4 is 0 Å². The second-order valence-corrected chi connectivity index (χ2v) is 6.39. The van der Waals surface area contributed by atoms with Gasteiger partial charge in [0.15, 0.2) is 4.67 Å². The van der Waals surface area contributed by atoms with Crippen LogP contribution in [0.3, 0.4) is 0 Å². The van der Waals surface area contributed by atoms with Crippen molar-refractivity contribution in [3.8, 4) is 0 Å².